The van der Waals surface area contributed by atoms with Gasteiger partial charge in [0.1, 0.15) is 17.5 Å². The molecular weight excluding hydrogens is 448 g/mol. The van der Waals surface area contributed by atoms with E-state index in [0.29, 0.717) is 16.7 Å². The van der Waals surface area contributed by atoms with Gasteiger partial charge in [0.25, 0.3) is 0 Å². The molecule has 0 bridgehead atoms. The van der Waals surface area contributed by atoms with Crippen molar-refractivity contribution < 1.29 is 35.1 Å². The second-order valence-electron chi connectivity index (χ2n) is 7.20. The van der Waals surface area contributed by atoms with E-state index in [0.717, 1.165) is 0 Å². The van der Waals surface area contributed by atoms with Gasteiger partial charge in [-0.2, -0.15) is 30.7 Å². The van der Waals surface area contributed by atoms with Crippen LogP contribution in [0.25, 0.3) is 22.4 Å². The van der Waals surface area contributed by atoms with Crippen LogP contribution in [0.3, 0.4) is 0 Å². The number of imidazole rings is 1. The van der Waals surface area contributed by atoms with Crippen LogP contribution in [0.1, 0.15) is 25.5 Å². The van der Waals surface area contributed by atoms with Crippen LogP contribution in [-0.4, -0.2) is 37.5 Å². The summed E-state index contributed by atoms with van der Waals surface area (Å²) < 4.78 is 106. The van der Waals surface area contributed by atoms with Gasteiger partial charge in [0.05, 0.1) is 6.33 Å². The summed E-state index contributed by atoms with van der Waals surface area (Å²) in [4.78, 5) is 12.6. The molecule has 172 valence electrons. The molecule has 12 heteroatoms. The first-order valence-corrected chi connectivity index (χ1v) is 9.23. The van der Waals surface area contributed by atoms with Gasteiger partial charge in [-0.15, -0.1) is 0 Å². The van der Waals surface area contributed by atoms with Crippen LogP contribution in [0.5, 0.6) is 0 Å². The Kier molecular flexibility index (Phi) is 6.00. The first kappa shape index (κ1) is 23.6. The molecule has 0 fully saturated rings. The Morgan fingerprint density at radius 2 is 1.66 bits per heavy atom. The minimum absolute atomic E-state index is 0.00356. The third kappa shape index (κ3) is 3.93. The van der Waals surface area contributed by atoms with Crippen LogP contribution in [0.4, 0.5) is 35.1 Å². The normalized spacial score (nSPS) is 13.9. The fourth-order valence-electron chi connectivity index (χ4n) is 3.01. The molecule has 0 atom stereocenters. The summed E-state index contributed by atoms with van der Waals surface area (Å²) in [6.07, 6.45) is -4.55. The molecule has 0 saturated carbocycles. The molecular formula is C20H16F8N4. The Balaban J connectivity index is 2.01. The summed E-state index contributed by atoms with van der Waals surface area (Å²) in [5.41, 5.74) is 1.56. The molecule has 0 spiro atoms. The lowest BCUT2D eigenvalue weighted by molar-refractivity contribution is -0.347. The summed E-state index contributed by atoms with van der Waals surface area (Å²) in [5, 5.41) is 0. The number of nitrogens with zero attached hydrogens (tertiary/aromatic N) is 4. The molecule has 4 nitrogen and oxygen atoms in total. The molecule has 0 amide bonds. The number of rotatable bonds is 6. The van der Waals surface area contributed by atoms with E-state index in [-0.39, 0.29) is 23.4 Å². The van der Waals surface area contributed by atoms with Crippen molar-refractivity contribution in [3.05, 3.63) is 54.4 Å². The molecule has 3 rings (SSSR count). The van der Waals surface area contributed by atoms with Gasteiger partial charge in [0.2, 0.25) is 0 Å². The van der Waals surface area contributed by atoms with E-state index in [9.17, 15) is 35.1 Å². The van der Waals surface area contributed by atoms with Gasteiger partial charge in [-0.05, 0) is 31.9 Å². The Labute approximate surface area is 176 Å². The quantitative estimate of drug-likeness (QED) is 0.402. The molecule has 32 heavy (non-hydrogen) atoms. The van der Waals surface area contributed by atoms with E-state index >= 15 is 0 Å². The number of benzene rings is 1. The van der Waals surface area contributed by atoms with Crippen molar-refractivity contribution in [3.63, 3.8) is 0 Å². The van der Waals surface area contributed by atoms with Crippen molar-refractivity contribution in [3.8, 4) is 11.3 Å². The van der Waals surface area contributed by atoms with Crippen LogP contribution >= 0.6 is 0 Å². The highest BCUT2D eigenvalue weighted by atomic mass is 19.4. The smallest absolute Gasteiger partial charge is 0.313 e. The molecule has 2 aromatic heterocycles. The monoisotopic (exact) mass is 464 g/mol. The number of aromatic nitrogens is 4. The SMILES string of the molecule is CC(C)n1cnc2c(-c3ccccc3C/C=C(\F)C(F)(F)C(F)(F)C(F)(F)F)ncnc21. The molecule has 0 N–H and O–H groups in total. The highest BCUT2D eigenvalue weighted by Gasteiger charge is 2.74. The molecule has 0 aliphatic rings. The standard InChI is InChI=1S/C20H16F8N4/c1-11(2)32-10-31-16-15(29-9-30-17(16)32)13-6-4-3-5-12(13)7-8-14(21)18(22,23)19(24,25)20(26,27)28/h3-6,8-11H,7H2,1-2H3/b14-8-. The van der Waals surface area contributed by atoms with Crippen LogP contribution in [0.15, 0.2) is 48.8 Å². The predicted molar refractivity (Wildman–Crippen MR) is 100.0 cm³/mol. The molecule has 0 aliphatic carbocycles. The second-order valence-corrected chi connectivity index (χ2v) is 7.20. The van der Waals surface area contributed by atoms with Crippen molar-refractivity contribution in [2.24, 2.45) is 0 Å². The van der Waals surface area contributed by atoms with E-state index in [1.165, 1.54) is 30.9 Å². The van der Waals surface area contributed by atoms with Crippen LogP contribution in [0, 0.1) is 0 Å². The number of halogens is 8. The summed E-state index contributed by atoms with van der Waals surface area (Å²) in [7, 11) is 0. The largest absolute Gasteiger partial charge is 0.460 e. The maximum absolute atomic E-state index is 13.9. The Hall–Kier alpha value is -3.05. The zero-order valence-electron chi connectivity index (χ0n) is 16.6. The maximum Gasteiger partial charge on any atom is 0.460 e. The number of hydrogen-bond acceptors (Lipinski definition) is 3. The van der Waals surface area contributed by atoms with Gasteiger partial charge in [-0.1, -0.05) is 24.3 Å². The lowest BCUT2D eigenvalue weighted by Gasteiger charge is -2.27. The van der Waals surface area contributed by atoms with Gasteiger partial charge in [0.15, 0.2) is 11.5 Å². The van der Waals surface area contributed by atoms with E-state index in [4.69, 9.17) is 0 Å². The minimum atomic E-state index is -6.62. The van der Waals surface area contributed by atoms with Crippen LogP contribution < -0.4 is 0 Å². The van der Waals surface area contributed by atoms with Crippen molar-refractivity contribution in [1.82, 2.24) is 19.5 Å². The van der Waals surface area contributed by atoms with Crippen LogP contribution in [-0.2, 0) is 6.42 Å². The Morgan fingerprint density at radius 1 is 1.00 bits per heavy atom. The van der Waals surface area contributed by atoms with Gasteiger partial charge in [-0.25, -0.2) is 19.3 Å². The van der Waals surface area contributed by atoms with E-state index in [1.54, 1.807) is 10.6 Å². The molecule has 0 unspecified atom stereocenters. The van der Waals surface area contributed by atoms with E-state index < -0.39 is 30.3 Å². The van der Waals surface area contributed by atoms with Crippen molar-refractivity contribution in [2.75, 3.05) is 0 Å². The van der Waals surface area contributed by atoms with Crippen molar-refractivity contribution in [2.45, 2.75) is 44.3 Å². The molecule has 3 aromatic rings. The number of fused-ring (bicyclic) bond motifs is 1. The fraction of sp³-hybridized carbons (Fsp3) is 0.350. The highest BCUT2D eigenvalue weighted by Crippen LogP contribution is 2.50. The topological polar surface area (TPSA) is 43.6 Å². The number of hydrogen-bond donors (Lipinski definition) is 0. The molecule has 0 saturated heterocycles. The Morgan fingerprint density at radius 3 is 2.28 bits per heavy atom. The molecule has 0 aliphatic heterocycles. The summed E-state index contributed by atoms with van der Waals surface area (Å²) >= 11 is 0. The summed E-state index contributed by atoms with van der Waals surface area (Å²) in [5.74, 6) is -15.5. The van der Waals surface area contributed by atoms with Crippen molar-refractivity contribution in [1.29, 1.82) is 0 Å². The fourth-order valence-corrected chi connectivity index (χ4v) is 3.01. The lowest BCUT2D eigenvalue weighted by atomic mass is 9.99. The second kappa shape index (κ2) is 8.14. The van der Waals surface area contributed by atoms with E-state index in [1.807, 2.05) is 13.8 Å². The number of alkyl halides is 7. The molecule has 2 heterocycles. The average Bonchev–Trinajstić information content (AvgIpc) is 3.15. The van der Waals surface area contributed by atoms with Gasteiger partial charge < -0.3 is 4.57 Å². The van der Waals surface area contributed by atoms with Gasteiger partial charge in [-0.3, -0.25) is 0 Å². The average molecular weight is 464 g/mol. The predicted octanol–water partition coefficient (Wildman–Crippen LogP) is 6.30. The van der Waals surface area contributed by atoms with E-state index in [2.05, 4.69) is 15.0 Å². The van der Waals surface area contributed by atoms with Crippen LogP contribution in [0.2, 0.25) is 0 Å². The zero-order chi connectivity index (χ0) is 23.9. The summed E-state index contributed by atoms with van der Waals surface area (Å²) in [6.45, 7) is 3.78. The first-order chi connectivity index (χ1) is 14.8. The number of allylic oxidation sites excluding steroid dienone is 2. The Bertz CT molecular complexity index is 1150. The molecule has 1 aromatic carbocycles. The third-order valence-electron chi connectivity index (χ3n) is 4.74. The zero-order valence-corrected chi connectivity index (χ0v) is 16.6. The molecule has 0 radical (unpaired) electrons. The lowest BCUT2D eigenvalue weighted by Crippen LogP contribution is -2.52. The van der Waals surface area contributed by atoms with Gasteiger partial charge >= 0.3 is 18.0 Å². The van der Waals surface area contributed by atoms with Crippen molar-refractivity contribution >= 4 is 11.2 Å². The minimum Gasteiger partial charge on any atom is -0.313 e. The third-order valence-corrected chi connectivity index (χ3v) is 4.74. The highest BCUT2D eigenvalue weighted by molar-refractivity contribution is 5.88. The maximum atomic E-state index is 13.9. The first-order valence-electron chi connectivity index (χ1n) is 9.23. The summed E-state index contributed by atoms with van der Waals surface area (Å²) in [6, 6.07) is 5.94. The van der Waals surface area contributed by atoms with Gasteiger partial charge in [0, 0.05) is 11.6 Å².